The molecule has 1 aromatic rings. The summed E-state index contributed by atoms with van der Waals surface area (Å²) in [5.74, 6) is -0.986. The molecule has 4 nitrogen and oxygen atoms in total. The SMILES string of the molecule is CC(C)(C)CCC(=O)N1Cc2ccccc2CC1C(=O)O. The third-order valence-corrected chi connectivity index (χ3v) is 3.94. The molecule has 1 aliphatic rings. The molecule has 0 spiro atoms. The molecule has 114 valence electrons. The molecular formula is C17H23NO3. The van der Waals surface area contributed by atoms with Crippen LogP contribution < -0.4 is 0 Å². The zero-order valence-corrected chi connectivity index (χ0v) is 12.9. The molecule has 0 aliphatic carbocycles. The van der Waals surface area contributed by atoms with E-state index in [1.165, 1.54) is 4.90 Å². The standard InChI is InChI=1S/C17H23NO3/c1-17(2,3)9-8-15(19)18-11-13-7-5-4-6-12(13)10-14(18)16(20)21/h4-7,14H,8-11H2,1-3H3,(H,20,21). The first-order valence-corrected chi connectivity index (χ1v) is 7.37. The third kappa shape index (κ3) is 3.84. The van der Waals surface area contributed by atoms with E-state index in [0.717, 1.165) is 17.5 Å². The molecule has 1 aliphatic heterocycles. The smallest absolute Gasteiger partial charge is 0.326 e. The van der Waals surface area contributed by atoms with E-state index in [1.807, 2.05) is 24.3 Å². The molecule has 0 saturated heterocycles. The van der Waals surface area contributed by atoms with Crippen molar-refractivity contribution in [1.82, 2.24) is 4.90 Å². The second-order valence-electron chi connectivity index (χ2n) is 6.91. The highest BCUT2D eigenvalue weighted by atomic mass is 16.4. The fourth-order valence-corrected chi connectivity index (χ4v) is 2.63. The Morgan fingerprint density at radius 3 is 2.43 bits per heavy atom. The largest absolute Gasteiger partial charge is 0.480 e. The summed E-state index contributed by atoms with van der Waals surface area (Å²) < 4.78 is 0. The quantitative estimate of drug-likeness (QED) is 0.931. The van der Waals surface area contributed by atoms with Crippen LogP contribution in [0.3, 0.4) is 0 Å². The van der Waals surface area contributed by atoms with Crippen LogP contribution in [0.25, 0.3) is 0 Å². The van der Waals surface area contributed by atoms with E-state index in [2.05, 4.69) is 20.8 Å². The monoisotopic (exact) mass is 289 g/mol. The van der Waals surface area contributed by atoms with Gasteiger partial charge in [-0.15, -0.1) is 0 Å². The van der Waals surface area contributed by atoms with Gasteiger partial charge in [0, 0.05) is 19.4 Å². The number of rotatable bonds is 3. The van der Waals surface area contributed by atoms with Crippen molar-refractivity contribution in [1.29, 1.82) is 0 Å². The van der Waals surface area contributed by atoms with Gasteiger partial charge in [0.1, 0.15) is 6.04 Å². The molecule has 1 amide bonds. The molecule has 1 N–H and O–H groups in total. The first-order chi connectivity index (χ1) is 9.78. The Hall–Kier alpha value is -1.84. The summed E-state index contributed by atoms with van der Waals surface area (Å²) in [6.07, 6.45) is 1.55. The lowest BCUT2D eigenvalue weighted by atomic mass is 9.89. The predicted octanol–water partition coefficient (Wildman–Crippen LogP) is 2.85. The lowest BCUT2D eigenvalue weighted by Gasteiger charge is -2.35. The van der Waals surface area contributed by atoms with Gasteiger partial charge in [-0.25, -0.2) is 4.79 Å². The van der Waals surface area contributed by atoms with Crippen LogP contribution in [0.4, 0.5) is 0 Å². The second kappa shape index (κ2) is 5.88. The number of carbonyl (C=O) groups is 2. The van der Waals surface area contributed by atoms with Crippen LogP contribution in [0.2, 0.25) is 0 Å². The number of fused-ring (bicyclic) bond motifs is 1. The molecule has 4 heteroatoms. The van der Waals surface area contributed by atoms with Crippen LogP contribution in [-0.4, -0.2) is 27.9 Å². The number of carboxylic acids is 1. The van der Waals surface area contributed by atoms with Gasteiger partial charge < -0.3 is 10.0 Å². The van der Waals surface area contributed by atoms with Crippen LogP contribution in [0, 0.1) is 5.41 Å². The molecule has 0 radical (unpaired) electrons. The van der Waals surface area contributed by atoms with Crippen LogP contribution in [0.15, 0.2) is 24.3 Å². The number of hydrogen-bond donors (Lipinski definition) is 1. The molecule has 0 aromatic heterocycles. The first-order valence-electron chi connectivity index (χ1n) is 7.37. The fraction of sp³-hybridized carbons (Fsp3) is 0.529. The molecule has 0 saturated carbocycles. The summed E-state index contributed by atoms with van der Waals surface area (Å²) in [4.78, 5) is 25.4. The van der Waals surface area contributed by atoms with E-state index in [1.54, 1.807) is 0 Å². The number of amides is 1. The van der Waals surface area contributed by atoms with Crippen molar-refractivity contribution in [3.05, 3.63) is 35.4 Å². The summed E-state index contributed by atoms with van der Waals surface area (Å²) in [5.41, 5.74) is 2.16. The lowest BCUT2D eigenvalue weighted by molar-refractivity contribution is -0.151. The number of carbonyl (C=O) groups excluding carboxylic acids is 1. The Balaban J connectivity index is 2.17. The molecule has 1 aromatic carbocycles. The Labute approximate surface area is 125 Å². The summed E-state index contributed by atoms with van der Waals surface area (Å²) in [7, 11) is 0. The highest BCUT2D eigenvalue weighted by Crippen LogP contribution is 2.26. The second-order valence-corrected chi connectivity index (χ2v) is 6.91. The summed E-state index contributed by atoms with van der Waals surface area (Å²) in [6, 6.07) is 7.01. The van der Waals surface area contributed by atoms with Crippen LogP contribution in [-0.2, 0) is 22.6 Å². The topological polar surface area (TPSA) is 57.6 Å². The van der Waals surface area contributed by atoms with E-state index in [-0.39, 0.29) is 11.3 Å². The minimum Gasteiger partial charge on any atom is -0.480 e. The lowest BCUT2D eigenvalue weighted by Crippen LogP contribution is -2.48. The Morgan fingerprint density at radius 2 is 1.86 bits per heavy atom. The molecule has 21 heavy (non-hydrogen) atoms. The van der Waals surface area contributed by atoms with Crippen molar-refractivity contribution in [2.75, 3.05) is 0 Å². The van der Waals surface area contributed by atoms with E-state index in [0.29, 0.717) is 19.4 Å². The predicted molar refractivity (Wildman–Crippen MR) is 80.8 cm³/mol. The highest BCUT2D eigenvalue weighted by Gasteiger charge is 2.34. The summed E-state index contributed by atoms with van der Waals surface area (Å²) >= 11 is 0. The zero-order chi connectivity index (χ0) is 15.6. The highest BCUT2D eigenvalue weighted by molar-refractivity contribution is 5.84. The van der Waals surface area contributed by atoms with Crippen molar-refractivity contribution in [3.8, 4) is 0 Å². The van der Waals surface area contributed by atoms with Gasteiger partial charge in [-0.3, -0.25) is 4.79 Å². The van der Waals surface area contributed by atoms with Gasteiger partial charge in [0.15, 0.2) is 0 Å². The van der Waals surface area contributed by atoms with Gasteiger partial charge >= 0.3 is 5.97 Å². The maximum absolute atomic E-state index is 12.4. The van der Waals surface area contributed by atoms with Gasteiger partial charge in [-0.2, -0.15) is 0 Å². The van der Waals surface area contributed by atoms with E-state index < -0.39 is 12.0 Å². The van der Waals surface area contributed by atoms with Crippen LogP contribution >= 0.6 is 0 Å². The Morgan fingerprint density at radius 1 is 1.24 bits per heavy atom. The average Bonchev–Trinajstić information content (AvgIpc) is 2.42. The van der Waals surface area contributed by atoms with Gasteiger partial charge in [0.2, 0.25) is 5.91 Å². The summed E-state index contributed by atoms with van der Waals surface area (Å²) in [6.45, 7) is 6.65. The van der Waals surface area contributed by atoms with Crippen LogP contribution in [0.5, 0.6) is 0 Å². The average molecular weight is 289 g/mol. The van der Waals surface area contributed by atoms with Crippen molar-refractivity contribution in [2.24, 2.45) is 5.41 Å². The molecule has 1 unspecified atom stereocenters. The normalized spacial score (nSPS) is 18.2. The first kappa shape index (κ1) is 15.5. The number of nitrogens with zero attached hydrogens (tertiary/aromatic N) is 1. The molecule has 1 heterocycles. The maximum Gasteiger partial charge on any atom is 0.326 e. The van der Waals surface area contributed by atoms with Gasteiger partial charge in [-0.05, 0) is 23.0 Å². The molecular weight excluding hydrogens is 266 g/mol. The number of carboxylic acid groups (broad SMARTS) is 1. The van der Waals surface area contributed by atoms with Gasteiger partial charge in [0.25, 0.3) is 0 Å². The Kier molecular flexibility index (Phi) is 4.35. The minimum absolute atomic E-state index is 0.0631. The van der Waals surface area contributed by atoms with Crippen molar-refractivity contribution in [3.63, 3.8) is 0 Å². The Bertz CT molecular complexity index is 545. The maximum atomic E-state index is 12.4. The van der Waals surface area contributed by atoms with Gasteiger partial charge in [-0.1, -0.05) is 45.0 Å². The van der Waals surface area contributed by atoms with E-state index in [4.69, 9.17) is 0 Å². The molecule has 1 atom stereocenters. The van der Waals surface area contributed by atoms with Crippen molar-refractivity contribution >= 4 is 11.9 Å². The third-order valence-electron chi connectivity index (χ3n) is 3.94. The van der Waals surface area contributed by atoms with E-state index in [9.17, 15) is 14.7 Å². The number of hydrogen-bond acceptors (Lipinski definition) is 2. The minimum atomic E-state index is -0.923. The molecule has 2 rings (SSSR count). The molecule has 0 bridgehead atoms. The summed E-state index contributed by atoms with van der Waals surface area (Å²) in [5, 5.41) is 9.42. The van der Waals surface area contributed by atoms with Crippen molar-refractivity contribution in [2.45, 2.75) is 52.6 Å². The van der Waals surface area contributed by atoms with Gasteiger partial charge in [0.05, 0.1) is 0 Å². The zero-order valence-electron chi connectivity index (χ0n) is 12.9. The number of benzene rings is 1. The molecule has 0 fully saturated rings. The van der Waals surface area contributed by atoms with E-state index >= 15 is 0 Å². The van der Waals surface area contributed by atoms with Crippen molar-refractivity contribution < 1.29 is 14.7 Å². The fourth-order valence-electron chi connectivity index (χ4n) is 2.63. The number of aliphatic carboxylic acids is 1. The van der Waals surface area contributed by atoms with Crippen LogP contribution in [0.1, 0.15) is 44.7 Å².